The van der Waals surface area contributed by atoms with Gasteiger partial charge >= 0.3 is 0 Å². The van der Waals surface area contributed by atoms with Crippen LogP contribution in [0.5, 0.6) is 0 Å². The average molecular weight is 564 g/mol. The van der Waals surface area contributed by atoms with E-state index in [4.69, 9.17) is 18.9 Å². The van der Waals surface area contributed by atoms with Crippen molar-refractivity contribution in [1.82, 2.24) is 20.4 Å². The molecule has 0 saturated carbocycles. The first-order valence-electron chi connectivity index (χ1n) is 11.9. The topological polar surface area (TPSA) is 74.5 Å². The second kappa shape index (κ2) is 15.9. The van der Waals surface area contributed by atoms with E-state index in [9.17, 15) is 0 Å². The fourth-order valence-corrected chi connectivity index (χ4v) is 3.95. The van der Waals surface area contributed by atoms with E-state index in [1.165, 1.54) is 0 Å². The van der Waals surface area contributed by atoms with Gasteiger partial charge in [-0.3, -0.25) is 9.89 Å². The Morgan fingerprint density at radius 1 is 1.16 bits per heavy atom. The molecule has 1 aromatic heterocycles. The predicted octanol–water partition coefficient (Wildman–Crippen LogP) is 2.20. The molecule has 9 heteroatoms. The van der Waals surface area contributed by atoms with Gasteiger partial charge in [-0.25, -0.2) is 0 Å². The smallest absolute Gasteiger partial charge is 0.191 e. The Bertz CT molecular complexity index is 615. The van der Waals surface area contributed by atoms with Crippen LogP contribution in [0.3, 0.4) is 0 Å². The first-order valence-corrected chi connectivity index (χ1v) is 11.9. The molecule has 8 nitrogen and oxygen atoms in total. The number of morpholine rings is 1. The summed E-state index contributed by atoms with van der Waals surface area (Å²) in [6.07, 6.45) is 5.15. The van der Waals surface area contributed by atoms with Gasteiger partial charge in [-0.1, -0.05) is 0 Å². The Kier molecular flexibility index (Phi) is 13.6. The number of ether oxygens (including phenoxy) is 2. The lowest BCUT2D eigenvalue weighted by molar-refractivity contribution is 0.0394. The maximum absolute atomic E-state index is 5.70. The Hall–Kier alpha value is -0.880. The molecule has 184 valence electrons. The van der Waals surface area contributed by atoms with E-state index in [0.29, 0.717) is 12.1 Å². The van der Waals surface area contributed by atoms with Gasteiger partial charge in [0.1, 0.15) is 5.76 Å². The van der Waals surface area contributed by atoms with Gasteiger partial charge < -0.3 is 29.4 Å². The number of rotatable bonds is 11. The third kappa shape index (κ3) is 10.8. The minimum absolute atomic E-state index is 0. The van der Waals surface area contributed by atoms with Crippen molar-refractivity contribution in [1.29, 1.82) is 0 Å². The fourth-order valence-electron chi connectivity index (χ4n) is 3.95. The van der Waals surface area contributed by atoms with Crippen molar-refractivity contribution in [3.8, 4) is 0 Å². The molecule has 2 aliphatic heterocycles. The summed E-state index contributed by atoms with van der Waals surface area (Å²) < 4.78 is 16.6. The number of hydrogen-bond donors (Lipinski definition) is 2. The number of piperidine rings is 1. The van der Waals surface area contributed by atoms with Gasteiger partial charge in [0.15, 0.2) is 5.96 Å². The van der Waals surface area contributed by atoms with E-state index in [-0.39, 0.29) is 24.0 Å². The summed E-state index contributed by atoms with van der Waals surface area (Å²) in [4.78, 5) is 9.79. The monoisotopic (exact) mass is 563 g/mol. The number of halogens is 1. The van der Waals surface area contributed by atoms with Crippen LogP contribution in [-0.2, 0) is 15.9 Å². The minimum atomic E-state index is 0. The molecule has 2 saturated heterocycles. The average Bonchev–Trinajstić information content (AvgIpc) is 3.29. The van der Waals surface area contributed by atoms with E-state index in [1.54, 1.807) is 6.26 Å². The molecule has 2 aliphatic rings. The predicted molar refractivity (Wildman–Crippen MR) is 139 cm³/mol. The van der Waals surface area contributed by atoms with Gasteiger partial charge in [0.2, 0.25) is 0 Å². The third-order valence-corrected chi connectivity index (χ3v) is 5.82. The second-order valence-corrected chi connectivity index (χ2v) is 8.62. The maximum atomic E-state index is 5.70. The molecule has 0 amide bonds. The Morgan fingerprint density at radius 3 is 2.59 bits per heavy atom. The van der Waals surface area contributed by atoms with Crippen LogP contribution < -0.4 is 10.6 Å². The zero-order valence-electron chi connectivity index (χ0n) is 19.8. The third-order valence-electron chi connectivity index (χ3n) is 5.82. The van der Waals surface area contributed by atoms with Crippen LogP contribution >= 0.6 is 24.0 Å². The highest BCUT2D eigenvalue weighted by atomic mass is 127. The molecule has 0 spiro atoms. The van der Waals surface area contributed by atoms with Crippen LogP contribution in [0.25, 0.3) is 0 Å². The summed E-state index contributed by atoms with van der Waals surface area (Å²) in [6, 6.07) is 4.41. The zero-order chi connectivity index (χ0) is 21.7. The second-order valence-electron chi connectivity index (χ2n) is 8.62. The molecule has 2 fully saturated rings. The number of likely N-dealkylation sites (tertiary alicyclic amines) is 1. The number of nitrogens with zero attached hydrogens (tertiary/aromatic N) is 3. The van der Waals surface area contributed by atoms with Crippen molar-refractivity contribution in [2.75, 3.05) is 72.2 Å². The van der Waals surface area contributed by atoms with Crippen LogP contribution in [0.4, 0.5) is 0 Å². The highest BCUT2D eigenvalue weighted by molar-refractivity contribution is 14.0. The summed E-state index contributed by atoms with van der Waals surface area (Å²) in [7, 11) is 0. The van der Waals surface area contributed by atoms with Crippen LogP contribution in [0.1, 0.15) is 32.4 Å². The zero-order valence-corrected chi connectivity index (χ0v) is 22.1. The van der Waals surface area contributed by atoms with E-state index < -0.39 is 0 Å². The van der Waals surface area contributed by atoms with Gasteiger partial charge in [0.25, 0.3) is 0 Å². The van der Waals surface area contributed by atoms with Crippen molar-refractivity contribution in [3.05, 3.63) is 24.2 Å². The maximum Gasteiger partial charge on any atom is 0.191 e. The molecular weight excluding hydrogens is 521 g/mol. The summed E-state index contributed by atoms with van der Waals surface area (Å²) in [5.41, 5.74) is 0. The van der Waals surface area contributed by atoms with E-state index in [2.05, 4.69) is 34.3 Å². The lowest BCUT2D eigenvalue weighted by Crippen LogP contribution is -2.49. The molecule has 3 heterocycles. The number of guanidine groups is 1. The molecule has 2 N–H and O–H groups in total. The molecule has 32 heavy (non-hydrogen) atoms. The standard InChI is InChI=1S/C23H41N5O3.HI/c1-20(2)30-19-15-27-10-6-21(7-11-27)26-23(24-8-5-22-4-3-16-31-22)25-9-12-28-13-17-29-18-14-28;/h3-4,16,20-21H,5-15,17-19H2,1-2H3,(H2,24,25,26);1H. The fraction of sp³-hybridized carbons (Fsp3) is 0.783. The van der Waals surface area contributed by atoms with Crippen molar-refractivity contribution in [2.45, 2.75) is 45.3 Å². The number of nitrogens with one attached hydrogen (secondary N) is 2. The summed E-state index contributed by atoms with van der Waals surface area (Å²) in [5, 5.41) is 7.18. The van der Waals surface area contributed by atoms with Gasteiger partial charge in [-0.15, -0.1) is 24.0 Å². The van der Waals surface area contributed by atoms with Crippen molar-refractivity contribution >= 4 is 29.9 Å². The molecule has 1 aromatic rings. The number of aliphatic imine (C=N–C) groups is 1. The molecule has 0 unspecified atom stereocenters. The Morgan fingerprint density at radius 2 is 1.91 bits per heavy atom. The normalized spacial score (nSPS) is 19.2. The van der Waals surface area contributed by atoms with Crippen molar-refractivity contribution < 1.29 is 13.9 Å². The minimum Gasteiger partial charge on any atom is -0.469 e. The van der Waals surface area contributed by atoms with E-state index in [0.717, 1.165) is 103 Å². The first-order chi connectivity index (χ1) is 15.2. The Balaban J connectivity index is 0.00000363. The quantitative estimate of drug-likeness (QED) is 0.243. The first kappa shape index (κ1) is 27.4. The van der Waals surface area contributed by atoms with Gasteiger partial charge in [0.05, 0.1) is 38.7 Å². The largest absolute Gasteiger partial charge is 0.469 e. The molecule has 0 bridgehead atoms. The van der Waals surface area contributed by atoms with Crippen LogP contribution in [-0.4, -0.2) is 100 Å². The van der Waals surface area contributed by atoms with Crippen molar-refractivity contribution in [3.63, 3.8) is 0 Å². The number of hydrogen-bond acceptors (Lipinski definition) is 6. The van der Waals surface area contributed by atoms with Crippen molar-refractivity contribution in [2.24, 2.45) is 4.99 Å². The highest BCUT2D eigenvalue weighted by Gasteiger charge is 2.20. The van der Waals surface area contributed by atoms with E-state index in [1.807, 2.05) is 12.1 Å². The van der Waals surface area contributed by atoms with Gasteiger partial charge in [-0.2, -0.15) is 0 Å². The Labute approximate surface area is 210 Å². The van der Waals surface area contributed by atoms with Crippen LogP contribution in [0, 0.1) is 0 Å². The molecular formula is C23H42IN5O3. The lowest BCUT2D eigenvalue weighted by atomic mass is 10.1. The molecule has 0 aliphatic carbocycles. The van der Waals surface area contributed by atoms with E-state index >= 15 is 0 Å². The van der Waals surface area contributed by atoms with Crippen LogP contribution in [0.15, 0.2) is 27.8 Å². The van der Waals surface area contributed by atoms with Gasteiger partial charge in [0, 0.05) is 58.3 Å². The molecule has 3 rings (SSSR count). The molecule has 0 radical (unpaired) electrons. The summed E-state index contributed by atoms with van der Waals surface area (Å²) in [5.74, 6) is 1.92. The van der Waals surface area contributed by atoms with Gasteiger partial charge in [-0.05, 0) is 38.8 Å². The summed E-state index contributed by atoms with van der Waals surface area (Å²) in [6.45, 7) is 14.5. The SMILES string of the molecule is CC(C)OCCN1CCC(NC(=NCCN2CCOCC2)NCCc2ccco2)CC1.I. The highest BCUT2D eigenvalue weighted by Crippen LogP contribution is 2.10. The number of furan rings is 1. The molecule has 0 aromatic carbocycles. The molecule has 0 atom stereocenters. The summed E-state index contributed by atoms with van der Waals surface area (Å²) >= 11 is 0. The lowest BCUT2D eigenvalue weighted by Gasteiger charge is -2.33. The van der Waals surface area contributed by atoms with Crippen LogP contribution in [0.2, 0.25) is 0 Å².